The predicted molar refractivity (Wildman–Crippen MR) is 94.8 cm³/mol. The normalized spacial score (nSPS) is 53.8. The van der Waals surface area contributed by atoms with Gasteiger partial charge in [0.2, 0.25) is 0 Å². The van der Waals surface area contributed by atoms with E-state index in [4.69, 9.17) is 5.73 Å². The number of aliphatic hydroxyl groups is 1. The van der Waals surface area contributed by atoms with Crippen molar-refractivity contribution in [1.82, 2.24) is 0 Å². The molecule has 0 amide bonds. The summed E-state index contributed by atoms with van der Waals surface area (Å²) < 4.78 is 0. The van der Waals surface area contributed by atoms with Crippen LogP contribution in [0.25, 0.3) is 0 Å². The van der Waals surface area contributed by atoms with Crippen LogP contribution in [0.3, 0.4) is 0 Å². The zero-order chi connectivity index (χ0) is 16.4. The van der Waals surface area contributed by atoms with Gasteiger partial charge < -0.3 is 10.8 Å². The molecule has 3 saturated carbocycles. The molecule has 23 heavy (non-hydrogen) atoms. The first kappa shape index (κ1) is 16.1. The molecule has 0 aromatic rings. The lowest BCUT2D eigenvalue weighted by molar-refractivity contribution is -0.0520. The highest BCUT2D eigenvalue weighted by atomic mass is 16.3. The minimum Gasteiger partial charge on any atom is -0.393 e. The van der Waals surface area contributed by atoms with Gasteiger partial charge in [-0.25, -0.2) is 0 Å². The second kappa shape index (κ2) is 5.33. The number of hydrogen-bond donors (Lipinski definition) is 2. The lowest BCUT2D eigenvalue weighted by atomic mass is 9.47. The van der Waals surface area contributed by atoms with Gasteiger partial charge in [-0.3, -0.25) is 0 Å². The van der Waals surface area contributed by atoms with Crippen molar-refractivity contribution in [1.29, 1.82) is 0 Å². The molecule has 0 radical (unpaired) electrons. The van der Waals surface area contributed by atoms with Gasteiger partial charge in [-0.1, -0.05) is 25.5 Å². The van der Waals surface area contributed by atoms with Gasteiger partial charge in [0.05, 0.1) is 6.10 Å². The highest BCUT2D eigenvalue weighted by Gasteiger charge is 2.58. The lowest BCUT2D eigenvalue weighted by Gasteiger charge is -2.58. The average molecular weight is 318 g/mol. The molecular formula is C21H35NO. The summed E-state index contributed by atoms with van der Waals surface area (Å²) in [7, 11) is 0. The van der Waals surface area contributed by atoms with Crippen LogP contribution < -0.4 is 5.73 Å². The molecule has 0 heterocycles. The van der Waals surface area contributed by atoms with E-state index in [-0.39, 0.29) is 6.10 Å². The number of hydrogen-bond acceptors (Lipinski definition) is 2. The summed E-state index contributed by atoms with van der Waals surface area (Å²) in [6.45, 7) is 7.30. The Balaban J connectivity index is 1.65. The van der Waals surface area contributed by atoms with Gasteiger partial charge in [0, 0.05) is 6.04 Å². The highest BCUT2D eigenvalue weighted by molar-refractivity contribution is 5.25. The topological polar surface area (TPSA) is 46.2 Å². The number of rotatable bonds is 1. The first-order chi connectivity index (χ1) is 10.9. The van der Waals surface area contributed by atoms with E-state index in [9.17, 15) is 5.11 Å². The maximum atomic E-state index is 10.1. The Hall–Kier alpha value is -0.340. The van der Waals surface area contributed by atoms with Gasteiger partial charge in [-0.05, 0) is 92.8 Å². The molecule has 130 valence electrons. The fourth-order valence-electron chi connectivity index (χ4n) is 7.55. The van der Waals surface area contributed by atoms with Gasteiger partial charge in [0.25, 0.3) is 0 Å². The fraction of sp³-hybridized carbons (Fsp3) is 0.905. The third-order valence-electron chi connectivity index (χ3n) is 8.79. The Morgan fingerprint density at radius 1 is 1.13 bits per heavy atom. The van der Waals surface area contributed by atoms with E-state index >= 15 is 0 Å². The van der Waals surface area contributed by atoms with E-state index < -0.39 is 0 Å². The molecule has 0 aliphatic heterocycles. The van der Waals surface area contributed by atoms with Gasteiger partial charge in [0.15, 0.2) is 0 Å². The van der Waals surface area contributed by atoms with Crippen molar-refractivity contribution >= 4 is 0 Å². The highest BCUT2D eigenvalue weighted by Crippen LogP contribution is 2.66. The number of allylic oxidation sites excluding steroid dienone is 1. The Morgan fingerprint density at radius 2 is 1.91 bits per heavy atom. The number of aliphatic hydroxyl groups excluding tert-OH is 1. The molecule has 4 aliphatic rings. The Bertz CT molecular complexity index is 512. The molecule has 3 N–H and O–H groups in total. The van der Waals surface area contributed by atoms with Crippen molar-refractivity contribution in [3.8, 4) is 0 Å². The molecule has 0 aromatic carbocycles. The Kier molecular flexibility index (Phi) is 3.74. The molecule has 2 heteroatoms. The lowest BCUT2D eigenvalue weighted by Crippen LogP contribution is -2.51. The standard InChI is InChI=1S/C21H35NO/c1-13(22)17-6-7-18-16-5-4-14-12-15(23)8-10-20(14,2)19(16)9-11-21(17,18)3/h4,13,15-19,23H,5-12,22H2,1-3H3/t13-,15-,16+,17+,18-,19+,20-,21+/m0/s1. The Labute approximate surface area is 141 Å². The second-order valence-electron chi connectivity index (χ2n) is 9.74. The van der Waals surface area contributed by atoms with Crippen LogP contribution in [0.15, 0.2) is 11.6 Å². The van der Waals surface area contributed by atoms with Crippen molar-refractivity contribution in [2.24, 2.45) is 40.2 Å². The smallest absolute Gasteiger partial charge is 0.0577 e. The molecule has 0 saturated heterocycles. The number of nitrogens with two attached hydrogens (primary N) is 1. The molecule has 3 fully saturated rings. The van der Waals surface area contributed by atoms with E-state index in [0.29, 0.717) is 16.9 Å². The molecular weight excluding hydrogens is 282 g/mol. The zero-order valence-corrected chi connectivity index (χ0v) is 15.2. The summed E-state index contributed by atoms with van der Waals surface area (Å²) in [6, 6.07) is 0.344. The van der Waals surface area contributed by atoms with Crippen LogP contribution in [-0.2, 0) is 0 Å². The first-order valence-corrected chi connectivity index (χ1v) is 9.99. The molecule has 0 spiro atoms. The third-order valence-corrected chi connectivity index (χ3v) is 8.79. The number of fused-ring (bicyclic) bond motifs is 5. The predicted octanol–water partition coefficient (Wildman–Crippen LogP) is 4.27. The summed E-state index contributed by atoms with van der Waals surface area (Å²) >= 11 is 0. The monoisotopic (exact) mass is 317 g/mol. The SMILES string of the molecule is C[C@H](N)[C@H]1CC[C@H]2[C@H]3CC=C4C[C@@H](O)CC[C@]4(C)[C@@H]3CC[C@]12C. The summed E-state index contributed by atoms with van der Waals surface area (Å²) in [5, 5.41) is 10.1. The average Bonchev–Trinajstić information content (AvgIpc) is 2.85. The fourth-order valence-corrected chi connectivity index (χ4v) is 7.55. The van der Waals surface area contributed by atoms with Crippen molar-refractivity contribution in [2.75, 3.05) is 0 Å². The van der Waals surface area contributed by atoms with E-state index in [1.165, 1.54) is 38.5 Å². The van der Waals surface area contributed by atoms with Crippen molar-refractivity contribution in [3.63, 3.8) is 0 Å². The summed E-state index contributed by atoms with van der Waals surface area (Å²) in [5.74, 6) is 3.31. The second-order valence-corrected chi connectivity index (χ2v) is 9.74. The van der Waals surface area contributed by atoms with Gasteiger partial charge >= 0.3 is 0 Å². The van der Waals surface area contributed by atoms with Crippen molar-refractivity contribution < 1.29 is 5.11 Å². The van der Waals surface area contributed by atoms with Crippen LogP contribution in [0.5, 0.6) is 0 Å². The summed E-state index contributed by atoms with van der Waals surface area (Å²) in [5.41, 5.74) is 8.80. The minimum atomic E-state index is -0.0892. The third kappa shape index (κ3) is 2.20. The van der Waals surface area contributed by atoms with Crippen LogP contribution in [0.1, 0.15) is 72.1 Å². The first-order valence-electron chi connectivity index (χ1n) is 9.99. The van der Waals surface area contributed by atoms with Gasteiger partial charge in [-0.15, -0.1) is 0 Å². The van der Waals surface area contributed by atoms with E-state index in [2.05, 4.69) is 26.8 Å². The van der Waals surface area contributed by atoms with Crippen LogP contribution in [-0.4, -0.2) is 17.3 Å². The van der Waals surface area contributed by atoms with Crippen LogP contribution in [0.2, 0.25) is 0 Å². The van der Waals surface area contributed by atoms with Crippen molar-refractivity contribution in [2.45, 2.75) is 84.3 Å². The molecule has 8 atom stereocenters. The van der Waals surface area contributed by atoms with Crippen LogP contribution in [0, 0.1) is 34.5 Å². The van der Waals surface area contributed by atoms with Crippen LogP contribution >= 0.6 is 0 Å². The van der Waals surface area contributed by atoms with Gasteiger partial charge in [-0.2, -0.15) is 0 Å². The molecule has 0 bridgehead atoms. The van der Waals surface area contributed by atoms with Crippen molar-refractivity contribution in [3.05, 3.63) is 11.6 Å². The van der Waals surface area contributed by atoms with E-state index in [1.807, 2.05) is 0 Å². The zero-order valence-electron chi connectivity index (χ0n) is 15.2. The molecule has 2 nitrogen and oxygen atoms in total. The molecule has 0 aromatic heterocycles. The maximum Gasteiger partial charge on any atom is 0.0577 e. The molecule has 0 unspecified atom stereocenters. The van der Waals surface area contributed by atoms with Gasteiger partial charge in [0.1, 0.15) is 0 Å². The minimum absolute atomic E-state index is 0.0892. The molecule has 4 aliphatic carbocycles. The Morgan fingerprint density at radius 3 is 2.65 bits per heavy atom. The quantitative estimate of drug-likeness (QED) is 0.709. The van der Waals surface area contributed by atoms with E-state index in [1.54, 1.807) is 5.57 Å². The van der Waals surface area contributed by atoms with E-state index in [0.717, 1.165) is 36.5 Å². The van der Waals surface area contributed by atoms with Crippen LogP contribution in [0.4, 0.5) is 0 Å². The summed E-state index contributed by atoms with van der Waals surface area (Å²) in [4.78, 5) is 0. The molecule has 4 rings (SSSR count). The largest absolute Gasteiger partial charge is 0.393 e. The summed E-state index contributed by atoms with van der Waals surface area (Å²) in [6.07, 6.45) is 12.3. The maximum absolute atomic E-state index is 10.1.